The first-order valence-corrected chi connectivity index (χ1v) is 6.80. The zero-order valence-corrected chi connectivity index (χ0v) is 11.5. The molecule has 1 fully saturated rings. The van der Waals surface area contributed by atoms with Crippen LogP contribution < -0.4 is 11.2 Å². The maximum atomic E-state index is 11.8. The lowest BCUT2D eigenvalue weighted by Gasteiger charge is -2.32. The van der Waals surface area contributed by atoms with E-state index in [1.807, 2.05) is 6.92 Å². The Hall–Kier alpha value is -1.40. The number of aryl methyl sites for hydroxylation is 1. The summed E-state index contributed by atoms with van der Waals surface area (Å²) in [4.78, 5) is 27.9. The average Bonchev–Trinajstić information content (AvgIpc) is 2.42. The van der Waals surface area contributed by atoms with Crippen molar-refractivity contribution in [3.05, 3.63) is 32.6 Å². The molecule has 1 unspecified atom stereocenters. The molecule has 1 atom stereocenters. The number of likely N-dealkylation sites (N-methyl/N-ethyl adjacent to an activating group) is 1. The van der Waals surface area contributed by atoms with Gasteiger partial charge >= 0.3 is 5.69 Å². The first-order valence-electron chi connectivity index (χ1n) is 6.80. The molecule has 0 amide bonds. The molecule has 1 aliphatic rings. The number of morpholine rings is 1. The van der Waals surface area contributed by atoms with Crippen molar-refractivity contribution in [2.45, 2.75) is 32.9 Å². The maximum Gasteiger partial charge on any atom is 0.328 e. The van der Waals surface area contributed by atoms with E-state index in [9.17, 15) is 9.59 Å². The van der Waals surface area contributed by atoms with E-state index >= 15 is 0 Å². The number of aromatic amines is 1. The second-order valence-electron chi connectivity index (χ2n) is 4.81. The molecule has 0 spiro atoms. The fourth-order valence-electron chi connectivity index (χ4n) is 2.34. The molecule has 0 radical (unpaired) electrons. The van der Waals surface area contributed by atoms with Crippen molar-refractivity contribution in [3.8, 4) is 0 Å². The molecule has 1 saturated heterocycles. The number of hydrogen-bond acceptors (Lipinski definition) is 4. The van der Waals surface area contributed by atoms with Crippen molar-refractivity contribution < 1.29 is 4.74 Å². The fraction of sp³-hybridized carbons (Fsp3) is 0.692. The van der Waals surface area contributed by atoms with Crippen LogP contribution in [-0.2, 0) is 17.7 Å². The first kappa shape index (κ1) is 14.0. The molecule has 0 saturated carbocycles. The minimum atomic E-state index is -0.362. The van der Waals surface area contributed by atoms with E-state index in [0.717, 1.165) is 19.6 Å². The summed E-state index contributed by atoms with van der Waals surface area (Å²) >= 11 is 0. The number of hydrogen-bond donors (Lipinski definition) is 1. The van der Waals surface area contributed by atoms with Crippen LogP contribution in [0.4, 0.5) is 0 Å². The van der Waals surface area contributed by atoms with Crippen LogP contribution >= 0.6 is 0 Å². The van der Waals surface area contributed by atoms with E-state index in [1.54, 1.807) is 10.8 Å². The molecule has 0 bridgehead atoms. The summed E-state index contributed by atoms with van der Waals surface area (Å²) in [5, 5.41) is 0. The van der Waals surface area contributed by atoms with Gasteiger partial charge in [0.1, 0.15) is 0 Å². The van der Waals surface area contributed by atoms with Crippen LogP contribution in [0.2, 0.25) is 0 Å². The molecule has 0 aliphatic carbocycles. The van der Waals surface area contributed by atoms with Gasteiger partial charge in [0.2, 0.25) is 0 Å². The highest BCUT2D eigenvalue weighted by Gasteiger charge is 2.20. The molecule has 0 aromatic carbocycles. The van der Waals surface area contributed by atoms with Gasteiger partial charge in [-0.15, -0.1) is 0 Å². The van der Waals surface area contributed by atoms with E-state index < -0.39 is 0 Å². The molecule has 106 valence electrons. The highest BCUT2D eigenvalue weighted by molar-refractivity contribution is 5.04. The van der Waals surface area contributed by atoms with Gasteiger partial charge in [0.05, 0.1) is 19.3 Å². The average molecular weight is 267 g/mol. The molecular formula is C13H21N3O3. The zero-order chi connectivity index (χ0) is 13.8. The number of rotatable bonds is 4. The quantitative estimate of drug-likeness (QED) is 0.822. The van der Waals surface area contributed by atoms with Crippen LogP contribution in [-0.4, -0.2) is 46.8 Å². The zero-order valence-electron chi connectivity index (χ0n) is 11.5. The number of aromatic nitrogens is 2. The standard InChI is InChI=1S/C13H21N3O3/c1-3-10-7-16(13(18)14-12(10)17)9-11-8-15(4-2)5-6-19-11/h7,11H,3-6,8-9H2,1-2H3,(H,14,17,18). The van der Waals surface area contributed by atoms with Gasteiger partial charge in [0.25, 0.3) is 5.56 Å². The van der Waals surface area contributed by atoms with E-state index in [1.165, 1.54) is 0 Å². The van der Waals surface area contributed by atoms with Crippen molar-refractivity contribution >= 4 is 0 Å². The van der Waals surface area contributed by atoms with Crippen molar-refractivity contribution in [3.63, 3.8) is 0 Å². The topological polar surface area (TPSA) is 67.3 Å². The number of nitrogens with zero attached hydrogens (tertiary/aromatic N) is 2. The number of ether oxygens (including phenoxy) is 1. The Morgan fingerprint density at radius 3 is 2.89 bits per heavy atom. The largest absolute Gasteiger partial charge is 0.374 e. The van der Waals surface area contributed by atoms with Crippen molar-refractivity contribution in [1.82, 2.24) is 14.5 Å². The van der Waals surface area contributed by atoms with E-state index in [2.05, 4.69) is 16.8 Å². The Bertz CT molecular complexity index is 535. The van der Waals surface area contributed by atoms with Gasteiger partial charge < -0.3 is 4.74 Å². The Balaban J connectivity index is 2.14. The third-order valence-corrected chi connectivity index (χ3v) is 3.54. The van der Waals surface area contributed by atoms with Crippen LogP contribution in [0.25, 0.3) is 0 Å². The maximum absolute atomic E-state index is 11.8. The highest BCUT2D eigenvalue weighted by atomic mass is 16.5. The summed E-state index contributed by atoms with van der Waals surface area (Å²) in [5.41, 5.74) is -0.0225. The summed E-state index contributed by atoms with van der Waals surface area (Å²) in [6.07, 6.45) is 2.26. The summed E-state index contributed by atoms with van der Waals surface area (Å²) in [6, 6.07) is 0. The predicted octanol–water partition coefficient (Wildman–Crippen LogP) is -0.180. The van der Waals surface area contributed by atoms with Crippen LogP contribution in [0.1, 0.15) is 19.4 Å². The summed E-state index contributed by atoms with van der Waals surface area (Å²) in [7, 11) is 0. The van der Waals surface area contributed by atoms with Crippen LogP contribution in [0.3, 0.4) is 0 Å². The van der Waals surface area contributed by atoms with Crippen molar-refractivity contribution in [1.29, 1.82) is 0 Å². The SMILES string of the molecule is CCc1cn(CC2CN(CC)CCO2)c(=O)[nH]c1=O. The van der Waals surface area contributed by atoms with Crippen molar-refractivity contribution in [2.75, 3.05) is 26.2 Å². The van der Waals surface area contributed by atoms with Crippen LogP contribution in [0.15, 0.2) is 15.8 Å². The van der Waals surface area contributed by atoms with Crippen molar-refractivity contribution in [2.24, 2.45) is 0 Å². The predicted molar refractivity (Wildman–Crippen MR) is 72.6 cm³/mol. The highest BCUT2D eigenvalue weighted by Crippen LogP contribution is 2.06. The monoisotopic (exact) mass is 267 g/mol. The normalized spacial score (nSPS) is 20.6. The Morgan fingerprint density at radius 2 is 2.21 bits per heavy atom. The lowest BCUT2D eigenvalue weighted by atomic mass is 10.2. The first-order chi connectivity index (χ1) is 9.13. The minimum Gasteiger partial charge on any atom is -0.374 e. The number of nitrogens with one attached hydrogen (secondary N) is 1. The molecule has 1 aromatic heterocycles. The Labute approximate surface area is 112 Å². The fourth-order valence-corrected chi connectivity index (χ4v) is 2.34. The van der Waals surface area contributed by atoms with Gasteiger partial charge in [-0.1, -0.05) is 13.8 Å². The molecule has 6 nitrogen and oxygen atoms in total. The smallest absolute Gasteiger partial charge is 0.328 e. The molecule has 1 aromatic rings. The molecule has 2 heterocycles. The second kappa shape index (κ2) is 6.16. The number of H-pyrrole nitrogens is 1. The lowest BCUT2D eigenvalue weighted by molar-refractivity contribution is -0.0349. The third-order valence-electron chi connectivity index (χ3n) is 3.54. The molecule has 19 heavy (non-hydrogen) atoms. The van der Waals surface area contributed by atoms with E-state index in [-0.39, 0.29) is 17.4 Å². The Kier molecular flexibility index (Phi) is 4.55. The van der Waals surface area contributed by atoms with Gasteiger partial charge in [-0.3, -0.25) is 19.2 Å². The summed E-state index contributed by atoms with van der Waals surface area (Å²) < 4.78 is 7.22. The second-order valence-corrected chi connectivity index (χ2v) is 4.81. The summed E-state index contributed by atoms with van der Waals surface area (Å²) in [6.45, 7) is 7.94. The molecule has 2 rings (SSSR count). The van der Waals surface area contributed by atoms with Gasteiger partial charge in [0.15, 0.2) is 0 Å². The molecular weight excluding hydrogens is 246 g/mol. The lowest BCUT2D eigenvalue weighted by Crippen LogP contribution is -2.45. The van der Waals surface area contributed by atoms with Gasteiger partial charge in [-0.05, 0) is 13.0 Å². The van der Waals surface area contributed by atoms with Crippen LogP contribution in [0.5, 0.6) is 0 Å². The minimum absolute atomic E-state index is 0.00186. The molecule has 1 aliphatic heterocycles. The Morgan fingerprint density at radius 1 is 1.42 bits per heavy atom. The van der Waals surface area contributed by atoms with Crippen LogP contribution in [0, 0.1) is 0 Å². The van der Waals surface area contributed by atoms with E-state index in [4.69, 9.17) is 4.74 Å². The molecule has 1 N–H and O–H groups in total. The van der Waals surface area contributed by atoms with E-state index in [0.29, 0.717) is 25.1 Å². The van der Waals surface area contributed by atoms with Gasteiger partial charge in [0, 0.05) is 24.8 Å². The van der Waals surface area contributed by atoms with Gasteiger partial charge in [-0.2, -0.15) is 0 Å². The van der Waals surface area contributed by atoms with Gasteiger partial charge in [-0.25, -0.2) is 4.79 Å². The molecule has 6 heteroatoms. The summed E-state index contributed by atoms with van der Waals surface area (Å²) in [5.74, 6) is 0. The third kappa shape index (κ3) is 3.33.